The summed E-state index contributed by atoms with van der Waals surface area (Å²) in [5.74, 6) is 1.72. The lowest BCUT2D eigenvalue weighted by Crippen LogP contribution is -2.22. The molecule has 0 spiro atoms. The lowest BCUT2D eigenvalue weighted by molar-refractivity contribution is 0.558. The molecule has 2 fully saturated rings. The molecule has 1 heterocycles. The molecule has 1 aliphatic heterocycles. The molecular weight excluding hydrogens is 216 g/mol. The van der Waals surface area contributed by atoms with Gasteiger partial charge in [-0.2, -0.15) is 0 Å². The fourth-order valence-electron chi connectivity index (χ4n) is 3.26. The zero-order valence-corrected chi connectivity index (χ0v) is 10.6. The van der Waals surface area contributed by atoms with E-state index in [9.17, 15) is 0 Å². The summed E-state index contributed by atoms with van der Waals surface area (Å²) in [5.41, 5.74) is 3.16. The molecule has 3 rings (SSSR count). The minimum absolute atomic E-state index is 0.432. The molecule has 2 N–H and O–H groups in total. The summed E-state index contributed by atoms with van der Waals surface area (Å²) in [6, 6.07) is 8.90. The Bertz CT molecular complexity index is 395. The molecule has 0 bridgehead atoms. The van der Waals surface area contributed by atoms with E-state index < -0.39 is 0 Å². The van der Waals surface area contributed by atoms with Gasteiger partial charge in [0, 0.05) is 17.4 Å². The van der Waals surface area contributed by atoms with E-state index in [1.54, 1.807) is 11.9 Å². The first-order valence-electron chi connectivity index (χ1n) is 5.87. The summed E-state index contributed by atoms with van der Waals surface area (Å²) in [6.07, 6.45) is 2.06. The van der Waals surface area contributed by atoms with Crippen LogP contribution in [-0.2, 0) is 5.41 Å². The highest BCUT2D eigenvalue weighted by Crippen LogP contribution is 2.61. The number of hydrogen-bond acceptors (Lipinski definition) is 3. The van der Waals surface area contributed by atoms with E-state index >= 15 is 0 Å². The van der Waals surface area contributed by atoms with Crippen molar-refractivity contribution < 1.29 is 0 Å². The lowest BCUT2D eigenvalue weighted by atomic mass is 9.92. The van der Waals surface area contributed by atoms with Gasteiger partial charge in [-0.05, 0) is 42.6 Å². The molecule has 3 atom stereocenters. The molecule has 3 heteroatoms. The number of rotatable bonds is 3. The summed E-state index contributed by atoms with van der Waals surface area (Å²) in [7, 11) is 0. The van der Waals surface area contributed by atoms with E-state index in [-0.39, 0.29) is 0 Å². The number of piperidine rings is 1. The average molecular weight is 234 g/mol. The third kappa shape index (κ3) is 1.38. The van der Waals surface area contributed by atoms with Crippen LogP contribution < -0.4 is 10.0 Å². The van der Waals surface area contributed by atoms with Gasteiger partial charge in [0.15, 0.2) is 0 Å². The fourth-order valence-corrected chi connectivity index (χ4v) is 3.63. The van der Waals surface area contributed by atoms with Crippen molar-refractivity contribution in [2.24, 2.45) is 11.8 Å². The Hall–Kier alpha value is -0.670. The Kier molecular flexibility index (Phi) is 2.41. The molecule has 2 aliphatic rings. The van der Waals surface area contributed by atoms with Crippen molar-refractivity contribution in [1.82, 2.24) is 5.32 Å². The first kappa shape index (κ1) is 10.5. The van der Waals surface area contributed by atoms with Crippen LogP contribution in [0.3, 0.4) is 0 Å². The fraction of sp³-hybridized carbons (Fsp3) is 0.538. The maximum absolute atomic E-state index is 3.47. The second kappa shape index (κ2) is 3.67. The van der Waals surface area contributed by atoms with Gasteiger partial charge in [-0.1, -0.05) is 31.0 Å². The van der Waals surface area contributed by atoms with Gasteiger partial charge in [-0.15, -0.1) is 0 Å². The SMILES string of the molecule is CSNc1cccc(C2(C)[C@@H]3CNC[C@@H]32)c1. The average Bonchev–Trinajstić information content (AvgIpc) is 2.67. The molecule has 0 radical (unpaired) electrons. The van der Waals surface area contributed by atoms with Gasteiger partial charge >= 0.3 is 0 Å². The van der Waals surface area contributed by atoms with E-state index in [1.165, 1.54) is 24.3 Å². The third-order valence-corrected chi connectivity index (χ3v) is 4.79. The summed E-state index contributed by atoms with van der Waals surface area (Å²) in [6.45, 7) is 4.81. The first-order valence-corrected chi connectivity index (χ1v) is 7.09. The smallest absolute Gasteiger partial charge is 0.0442 e. The van der Waals surface area contributed by atoms with E-state index in [1.807, 2.05) is 0 Å². The van der Waals surface area contributed by atoms with E-state index in [0.717, 1.165) is 11.8 Å². The Labute approximate surface area is 101 Å². The molecule has 1 saturated heterocycles. The van der Waals surface area contributed by atoms with Gasteiger partial charge in [0.05, 0.1) is 0 Å². The van der Waals surface area contributed by atoms with E-state index in [2.05, 4.69) is 47.5 Å². The maximum atomic E-state index is 3.47. The topological polar surface area (TPSA) is 24.1 Å². The van der Waals surface area contributed by atoms with E-state index in [4.69, 9.17) is 0 Å². The molecule has 1 aromatic carbocycles. The number of fused-ring (bicyclic) bond motifs is 1. The highest BCUT2D eigenvalue weighted by molar-refractivity contribution is 7.99. The molecule has 0 amide bonds. The highest BCUT2D eigenvalue weighted by Gasteiger charge is 2.63. The quantitative estimate of drug-likeness (QED) is 0.786. The van der Waals surface area contributed by atoms with Crippen LogP contribution in [0, 0.1) is 11.8 Å². The van der Waals surface area contributed by atoms with Gasteiger partial charge < -0.3 is 10.0 Å². The van der Waals surface area contributed by atoms with Crippen molar-refractivity contribution in [2.75, 3.05) is 24.1 Å². The van der Waals surface area contributed by atoms with Crippen LogP contribution in [0.2, 0.25) is 0 Å². The molecule has 1 aromatic rings. The van der Waals surface area contributed by atoms with Crippen LogP contribution in [-0.4, -0.2) is 19.3 Å². The largest absolute Gasteiger partial charge is 0.330 e. The van der Waals surface area contributed by atoms with Gasteiger partial charge in [0.2, 0.25) is 0 Å². The van der Waals surface area contributed by atoms with E-state index in [0.29, 0.717) is 5.41 Å². The first-order chi connectivity index (χ1) is 7.76. The lowest BCUT2D eigenvalue weighted by Gasteiger charge is -2.17. The van der Waals surface area contributed by atoms with Gasteiger partial charge in [-0.3, -0.25) is 0 Å². The molecule has 16 heavy (non-hydrogen) atoms. The number of hydrogen-bond donors (Lipinski definition) is 2. The Balaban J connectivity index is 1.87. The second-order valence-corrected chi connectivity index (χ2v) is 5.65. The second-order valence-electron chi connectivity index (χ2n) is 5.04. The molecule has 86 valence electrons. The Morgan fingerprint density at radius 3 is 2.81 bits per heavy atom. The normalized spacial score (nSPS) is 35.9. The number of benzene rings is 1. The molecule has 0 aromatic heterocycles. The maximum Gasteiger partial charge on any atom is 0.0442 e. The number of anilines is 1. The van der Waals surface area contributed by atoms with Gasteiger partial charge in [0.25, 0.3) is 0 Å². The summed E-state index contributed by atoms with van der Waals surface area (Å²) >= 11 is 1.65. The monoisotopic (exact) mass is 234 g/mol. The van der Waals surface area contributed by atoms with Crippen molar-refractivity contribution in [3.05, 3.63) is 29.8 Å². The van der Waals surface area contributed by atoms with Crippen LogP contribution >= 0.6 is 11.9 Å². The highest BCUT2D eigenvalue weighted by atomic mass is 32.2. The standard InChI is InChI=1S/C13H18N2S/c1-13(11-7-14-8-12(11)13)9-4-3-5-10(6-9)15-16-2/h3-6,11-12,14-15H,7-8H2,1-2H3/t11-,12+,13?. The minimum atomic E-state index is 0.432. The van der Waals surface area contributed by atoms with Crippen molar-refractivity contribution in [1.29, 1.82) is 0 Å². The zero-order valence-electron chi connectivity index (χ0n) is 9.79. The third-order valence-electron chi connectivity index (χ3n) is 4.35. The predicted molar refractivity (Wildman–Crippen MR) is 70.8 cm³/mol. The van der Waals surface area contributed by atoms with Crippen molar-refractivity contribution >= 4 is 17.6 Å². The van der Waals surface area contributed by atoms with Crippen LogP contribution in [0.15, 0.2) is 24.3 Å². The molecule has 1 saturated carbocycles. The summed E-state index contributed by atoms with van der Waals surface area (Å²) in [5, 5.41) is 3.47. The minimum Gasteiger partial charge on any atom is -0.330 e. The molecular formula is C13H18N2S. The van der Waals surface area contributed by atoms with Crippen LogP contribution in [0.4, 0.5) is 5.69 Å². The molecule has 1 unspecified atom stereocenters. The van der Waals surface area contributed by atoms with Gasteiger partial charge in [-0.25, -0.2) is 0 Å². The summed E-state index contributed by atoms with van der Waals surface area (Å²) < 4.78 is 3.31. The van der Waals surface area contributed by atoms with Crippen molar-refractivity contribution in [3.63, 3.8) is 0 Å². The Morgan fingerprint density at radius 2 is 2.12 bits per heavy atom. The van der Waals surface area contributed by atoms with Crippen molar-refractivity contribution in [2.45, 2.75) is 12.3 Å². The summed E-state index contributed by atoms with van der Waals surface area (Å²) in [4.78, 5) is 0. The molecule has 2 nitrogen and oxygen atoms in total. The predicted octanol–water partition coefficient (Wildman–Crippen LogP) is 2.48. The number of nitrogens with one attached hydrogen (secondary N) is 2. The molecule has 1 aliphatic carbocycles. The van der Waals surface area contributed by atoms with Crippen molar-refractivity contribution in [3.8, 4) is 0 Å². The Morgan fingerprint density at radius 1 is 1.38 bits per heavy atom. The van der Waals surface area contributed by atoms with Gasteiger partial charge in [0.1, 0.15) is 0 Å². The zero-order chi connectivity index (χ0) is 11.2. The van der Waals surface area contributed by atoms with Crippen LogP contribution in [0.1, 0.15) is 12.5 Å². The van der Waals surface area contributed by atoms with Crippen LogP contribution in [0.5, 0.6) is 0 Å². The van der Waals surface area contributed by atoms with Crippen LogP contribution in [0.25, 0.3) is 0 Å².